The Bertz CT molecular complexity index is 479. The molecule has 0 aromatic carbocycles. The molecule has 2 rings (SSSR count). The minimum atomic E-state index is 0.168. The highest BCUT2D eigenvalue weighted by Crippen LogP contribution is 2.42. The quantitative estimate of drug-likeness (QED) is 0.881. The highest BCUT2D eigenvalue weighted by molar-refractivity contribution is 5.25. The summed E-state index contributed by atoms with van der Waals surface area (Å²) in [5.74, 6) is 0. The smallest absolute Gasteiger partial charge is 0.140 e. The van der Waals surface area contributed by atoms with E-state index in [0.29, 0.717) is 17.8 Å². The molecule has 0 aliphatic heterocycles. The molecular formula is C15H21N3O. The van der Waals surface area contributed by atoms with E-state index in [1.807, 2.05) is 19.1 Å². The Morgan fingerprint density at radius 2 is 2.37 bits per heavy atom. The number of hydrogen-bond acceptors (Lipinski definition) is 4. The van der Waals surface area contributed by atoms with Gasteiger partial charge in [-0.2, -0.15) is 5.26 Å². The van der Waals surface area contributed by atoms with Crippen LogP contribution in [0.4, 0.5) is 0 Å². The summed E-state index contributed by atoms with van der Waals surface area (Å²) in [5.41, 5.74) is 1.74. The molecule has 2 atom stereocenters. The van der Waals surface area contributed by atoms with Gasteiger partial charge in [-0.1, -0.05) is 13.8 Å². The first kappa shape index (κ1) is 14.0. The SMILES string of the molecule is CCOC1CC(NCc2ccnc(C#N)c2)C1(C)C. The van der Waals surface area contributed by atoms with Gasteiger partial charge in [0.25, 0.3) is 0 Å². The molecule has 1 aromatic heterocycles. The molecule has 0 radical (unpaired) electrons. The normalized spacial score (nSPS) is 24.5. The molecule has 4 nitrogen and oxygen atoms in total. The summed E-state index contributed by atoms with van der Waals surface area (Å²) >= 11 is 0. The zero-order chi connectivity index (χ0) is 13.9. The van der Waals surface area contributed by atoms with Crippen LogP contribution in [0.1, 0.15) is 38.4 Å². The number of hydrogen-bond donors (Lipinski definition) is 1. The van der Waals surface area contributed by atoms with Crippen molar-refractivity contribution < 1.29 is 4.74 Å². The predicted molar refractivity (Wildman–Crippen MR) is 73.4 cm³/mol. The van der Waals surface area contributed by atoms with Crippen molar-refractivity contribution in [1.82, 2.24) is 10.3 Å². The fourth-order valence-electron chi connectivity index (χ4n) is 2.60. The van der Waals surface area contributed by atoms with Crippen molar-refractivity contribution in [2.75, 3.05) is 6.61 Å². The molecule has 1 saturated carbocycles. The van der Waals surface area contributed by atoms with Crippen molar-refractivity contribution in [3.8, 4) is 6.07 Å². The van der Waals surface area contributed by atoms with E-state index in [1.165, 1.54) is 0 Å². The number of ether oxygens (including phenoxy) is 1. The van der Waals surface area contributed by atoms with Crippen LogP contribution in [0.2, 0.25) is 0 Å². The standard InChI is InChI=1S/C15H21N3O/c1-4-19-14-8-13(15(14,2)3)18-10-11-5-6-17-12(7-11)9-16/h5-7,13-14,18H,4,8,10H2,1-3H3. The van der Waals surface area contributed by atoms with Crippen molar-refractivity contribution in [3.63, 3.8) is 0 Å². The summed E-state index contributed by atoms with van der Waals surface area (Å²) in [4.78, 5) is 3.98. The molecule has 1 N–H and O–H groups in total. The monoisotopic (exact) mass is 259 g/mol. The number of rotatable bonds is 5. The highest BCUT2D eigenvalue weighted by Gasteiger charge is 2.48. The maximum Gasteiger partial charge on any atom is 0.140 e. The molecule has 4 heteroatoms. The van der Waals surface area contributed by atoms with E-state index < -0.39 is 0 Å². The van der Waals surface area contributed by atoms with Crippen LogP contribution in [0.3, 0.4) is 0 Å². The fraction of sp³-hybridized carbons (Fsp3) is 0.600. The second kappa shape index (κ2) is 5.68. The summed E-state index contributed by atoms with van der Waals surface area (Å²) in [5, 5.41) is 12.4. The average Bonchev–Trinajstić information content (AvgIpc) is 2.42. The van der Waals surface area contributed by atoms with Gasteiger partial charge >= 0.3 is 0 Å². The van der Waals surface area contributed by atoms with Crippen LogP contribution in [-0.2, 0) is 11.3 Å². The Labute approximate surface area is 114 Å². The molecule has 0 saturated heterocycles. The van der Waals surface area contributed by atoms with Crippen LogP contribution in [0.15, 0.2) is 18.3 Å². The lowest BCUT2D eigenvalue weighted by Crippen LogP contribution is -2.60. The molecule has 0 amide bonds. The van der Waals surface area contributed by atoms with Crippen molar-refractivity contribution in [2.45, 2.75) is 45.9 Å². The summed E-state index contributed by atoms with van der Waals surface area (Å²) < 4.78 is 5.72. The van der Waals surface area contributed by atoms with Gasteiger partial charge in [0.2, 0.25) is 0 Å². The van der Waals surface area contributed by atoms with Crippen molar-refractivity contribution in [2.24, 2.45) is 5.41 Å². The summed E-state index contributed by atoms with van der Waals surface area (Å²) in [6, 6.07) is 6.30. The number of nitrogens with one attached hydrogen (secondary N) is 1. The molecule has 102 valence electrons. The van der Waals surface area contributed by atoms with E-state index in [0.717, 1.165) is 25.1 Å². The summed E-state index contributed by atoms with van der Waals surface area (Å²) in [6.07, 6.45) is 3.09. The molecule has 1 fully saturated rings. The molecular weight excluding hydrogens is 238 g/mol. The van der Waals surface area contributed by atoms with Crippen LogP contribution < -0.4 is 5.32 Å². The van der Waals surface area contributed by atoms with E-state index in [1.54, 1.807) is 6.20 Å². The Morgan fingerprint density at radius 3 is 3.00 bits per heavy atom. The summed E-state index contributed by atoms with van der Waals surface area (Å²) in [7, 11) is 0. The van der Waals surface area contributed by atoms with Crippen molar-refractivity contribution >= 4 is 0 Å². The van der Waals surface area contributed by atoms with Gasteiger partial charge in [0, 0.05) is 30.8 Å². The minimum absolute atomic E-state index is 0.168. The molecule has 2 unspecified atom stereocenters. The Kier molecular flexibility index (Phi) is 4.18. The average molecular weight is 259 g/mol. The Balaban J connectivity index is 1.88. The molecule has 0 bridgehead atoms. The number of nitrogens with zero attached hydrogens (tertiary/aromatic N) is 2. The maximum atomic E-state index is 8.82. The summed E-state index contributed by atoms with van der Waals surface area (Å²) in [6.45, 7) is 8.06. The van der Waals surface area contributed by atoms with Gasteiger partial charge in [-0.3, -0.25) is 0 Å². The zero-order valence-electron chi connectivity index (χ0n) is 11.8. The first-order chi connectivity index (χ1) is 9.07. The van der Waals surface area contributed by atoms with Crippen molar-refractivity contribution in [1.29, 1.82) is 5.26 Å². The van der Waals surface area contributed by atoms with E-state index in [9.17, 15) is 0 Å². The van der Waals surface area contributed by atoms with E-state index in [2.05, 4.69) is 30.2 Å². The van der Waals surface area contributed by atoms with Crippen LogP contribution in [0.25, 0.3) is 0 Å². The van der Waals surface area contributed by atoms with Gasteiger partial charge in [-0.05, 0) is 31.0 Å². The van der Waals surface area contributed by atoms with E-state index in [-0.39, 0.29) is 5.41 Å². The van der Waals surface area contributed by atoms with Gasteiger partial charge in [-0.15, -0.1) is 0 Å². The molecule has 1 aromatic rings. The van der Waals surface area contributed by atoms with Gasteiger partial charge in [0.15, 0.2) is 0 Å². The third-order valence-electron chi connectivity index (χ3n) is 4.04. The lowest BCUT2D eigenvalue weighted by atomic mass is 9.64. The molecule has 0 spiro atoms. The highest BCUT2D eigenvalue weighted by atomic mass is 16.5. The largest absolute Gasteiger partial charge is 0.378 e. The van der Waals surface area contributed by atoms with Crippen LogP contribution >= 0.6 is 0 Å². The number of aromatic nitrogens is 1. The predicted octanol–water partition coefficient (Wildman–Crippen LogP) is 2.25. The van der Waals surface area contributed by atoms with Gasteiger partial charge in [-0.25, -0.2) is 4.98 Å². The van der Waals surface area contributed by atoms with Gasteiger partial charge in [0.1, 0.15) is 11.8 Å². The number of nitriles is 1. The van der Waals surface area contributed by atoms with E-state index >= 15 is 0 Å². The van der Waals surface area contributed by atoms with Crippen LogP contribution in [-0.4, -0.2) is 23.7 Å². The maximum absolute atomic E-state index is 8.82. The van der Waals surface area contributed by atoms with Crippen LogP contribution in [0.5, 0.6) is 0 Å². The lowest BCUT2D eigenvalue weighted by Gasteiger charge is -2.52. The third kappa shape index (κ3) is 2.94. The topological polar surface area (TPSA) is 57.9 Å². The van der Waals surface area contributed by atoms with E-state index in [4.69, 9.17) is 10.00 Å². The first-order valence-corrected chi connectivity index (χ1v) is 6.78. The fourth-order valence-corrected chi connectivity index (χ4v) is 2.60. The van der Waals surface area contributed by atoms with Crippen LogP contribution in [0, 0.1) is 16.7 Å². The Hall–Kier alpha value is -1.44. The van der Waals surface area contributed by atoms with Gasteiger partial charge < -0.3 is 10.1 Å². The Morgan fingerprint density at radius 1 is 1.58 bits per heavy atom. The molecule has 1 aliphatic rings. The molecule has 1 heterocycles. The second-order valence-electron chi connectivity index (χ2n) is 5.60. The zero-order valence-corrected chi connectivity index (χ0v) is 11.8. The third-order valence-corrected chi connectivity index (χ3v) is 4.04. The minimum Gasteiger partial charge on any atom is -0.378 e. The van der Waals surface area contributed by atoms with Gasteiger partial charge in [0.05, 0.1) is 6.10 Å². The molecule has 1 aliphatic carbocycles. The lowest BCUT2D eigenvalue weighted by molar-refractivity contribution is -0.114. The first-order valence-electron chi connectivity index (χ1n) is 6.78. The second-order valence-corrected chi connectivity index (χ2v) is 5.60. The molecule has 19 heavy (non-hydrogen) atoms. The number of pyridine rings is 1. The van der Waals surface area contributed by atoms with Crippen molar-refractivity contribution in [3.05, 3.63) is 29.6 Å².